The van der Waals surface area contributed by atoms with Gasteiger partial charge in [0.25, 0.3) is 0 Å². The first-order valence-electron chi connectivity index (χ1n) is 8.17. The van der Waals surface area contributed by atoms with Gasteiger partial charge in [0.15, 0.2) is 0 Å². The van der Waals surface area contributed by atoms with Crippen LogP contribution in [-0.4, -0.2) is 15.7 Å². The average molecular weight is 319 g/mol. The zero-order valence-corrected chi connectivity index (χ0v) is 13.5. The van der Waals surface area contributed by atoms with Crippen molar-refractivity contribution in [3.8, 4) is 0 Å². The lowest BCUT2D eigenvalue weighted by molar-refractivity contribution is -0.122. The quantitative estimate of drug-likeness (QED) is 0.726. The molecule has 1 aromatic heterocycles. The van der Waals surface area contributed by atoms with Gasteiger partial charge in [0.1, 0.15) is 0 Å². The van der Waals surface area contributed by atoms with Crippen LogP contribution in [0.25, 0.3) is 0 Å². The first kappa shape index (κ1) is 16.0. The van der Waals surface area contributed by atoms with Crippen LogP contribution < -0.4 is 5.32 Å². The number of hydrogen-bond acceptors (Lipinski definition) is 2. The minimum Gasteiger partial charge on any atom is -0.349 e. The predicted octanol–water partition coefficient (Wildman–Crippen LogP) is 3.37. The van der Waals surface area contributed by atoms with E-state index in [9.17, 15) is 4.79 Å². The molecule has 1 unspecified atom stereocenters. The highest BCUT2D eigenvalue weighted by Gasteiger charge is 2.15. The molecule has 3 rings (SSSR count). The van der Waals surface area contributed by atoms with Gasteiger partial charge in [0.05, 0.1) is 6.04 Å². The van der Waals surface area contributed by atoms with Crippen molar-refractivity contribution in [3.05, 3.63) is 90.3 Å². The maximum absolute atomic E-state index is 12.4. The fourth-order valence-electron chi connectivity index (χ4n) is 2.70. The maximum atomic E-state index is 12.4. The molecule has 0 spiro atoms. The normalized spacial score (nSPS) is 11.8. The highest BCUT2D eigenvalue weighted by Crippen LogP contribution is 2.18. The highest BCUT2D eigenvalue weighted by molar-refractivity contribution is 5.76. The molecule has 2 aromatic carbocycles. The van der Waals surface area contributed by atoms with Gasteiger partial charge in [-0.15, -0.1) is 0 Å². The SMILES string of the molecule is O=C(CCn1cccn1)NC(Cc1ccccc1)c1ccccc1. The van der Waals surface area contributed by atoms with E-state index in [4.69, 9.17) is 0 Å². The molecule has 0 radical (unpaired) electrons. The summed E-state index contributed by atoms with van der Waals surface area (Å²) in [6.45, 7) is 0.589. The second kappa shape index (κ2) is 8.11. The summed E-state index contributed by atoms with van der Waals surface area (Å²) in [6, 6.07) is 22.2. The Morgan fingerprint density at radius 1 is 1.00 bits per heavy atom. The van der Waals surface area contributed by atoms with Crippen LogP contribution >= 0.6 is 0 Å². The Labute approximate surface area is 142 Å². The van der Waals surface area contributed by atoms with Crippen LogP contribution in [0.1, 0.15) is 23.6 Å². The van der Waals surface area contributed by atoms with Crippen molar-refractivity contribution in [2.24, 2.45) is 0 Å². The molecule has 0 aliphatic rings. The van der Waals surface area contributed by atoms with E-state index in [2.05, 4.69) is 34.7 Å². The summed E-state index contributed by atoms with van der Waals surface area (Å²) >= 11 is 0. The van der Waals surface area contributed by atoms with Gasteiger partial charge < -0.3 is 5.32 Å². The van der Waals surface area contributed by atoms with Crippen LogP contribution in [0.4, 0.5) is 0 Å². The molecule has 1 heterocycles. The number of benzene rings is 2. The van der Waals surface area contributed by atoms with Gasteiger partial charge in [-0.2, -0.15) is 5.10 Å². The van der Waals surface area contributed by atoms with E-state index in [1.54, 1.807) is 10.9 Å². The molecule has 1 N–H and O–H groups in total. The van der Waals surface area contributed by atoms with Crippen LogP contribution in [-0.2, 0) is 17.8 Å². The van der Waals surface area contributed by atoms with E-state index in [-0.39, 0.29) is 11.9 Å². The Morgan fingerprint density at radius 2 is 1.71 bits per heavy atom. The topological polar surface area (TPSA) is 46.9 Å². The molecule has 0 saturated carbocycles. The largest absolute Gasteiger partial charge is 0.349 e. The number of nitrogens with one attached hydrogen (secondary N) is 1. The minimum absolute atomic E-state index is 0.0290. The average Bonchev–Trinajstić information content (AvgIpc) is 3.15. The zero-order valence-electron chi connectivity index (χ0n) is 13.5. The van der Waals surface area contributed by atoms with Crippen molar-refractivity contribution in [1.29, 1.82) is 0 Å². The third-order valence-corrected chi connectivity index (χ3v) is 3.95. The van der Waals surface area contributed by atoms with Gasteiger partial charge in [0.2, 0.25) is 5.91 Å². The summed E-state index contributed by atoms with van der Waals surface area (Å²) in [5.74, 6) is 0.0373. The van der Waals surface area contributed by atoms with Crippen molar-refractivity contribution in [3.63, 3.8) is 0 Å². The second-order valence-corrected chi connectivity index (χ2v) is 5.74. The van der Waals surface area contributed by atoms with Gasteiger partial charge in [-0.1, -0.05) is 60.7 Å². The Balaban J connectivity index is 1.66. The monoisotopic (exact) mass is 319 g/mol. The lowest BCUT2D eigenvalue weighted by Crippen LogP contribution is -2.30. The summed E-state index contributed by atoms with van der Waals surface area (Å²) < 4.78 is 1.77. The second-order valence-electron chi connectivity index (χ2n) is 5.74. The van der Waals surface area contributed by atoms with Crippen molar-refractivity contribution in [2.45, 2.75) is 25.4 Å². The number of aromatic nitrogens is 2. The Morgan fingerprint density at radius 3 is 2.38 bits per heavy atom. The summed E-state index contributed by atoms with van der Waals surface area (Å²) in [6.07, 6.45) is 4.78. The molecule has 0 bridgehead atoms. The number of carbonyl (C=O) groups is 1. The number of rotatable bonds is 7. The number of amides is 1. The molecule has 122 valence electrons. The van der Waals surface area contributed by atoms with Crippen LogP contribution in [0.3, 0.4) is 0 Å². The summed E-state index contributed by atoms with van der Waals surface area (Å²) in [7, 11) is 0. The first-order chi connectivity index (χ1) is 11.8. The van der Waals surface area contributed by atoms with E-state index in [0.717, 1.165) is 12.0 Å². The highest BCUT2D eigenvalue weighted by atomic mass is 16.1. The molecule has 1 atom stereocenters. The van der Waals surface area contributed by atoms with Gasteiger partial charge in [-0.25, -0.2) is 0 Å². The smallest absolute Gasteiger partial charge is 0.222 e. The number of hydrogen-bond donors (Lipinski definition) is 1. The van der Waals surface area contributed by atoms with Crippen LogP contribution in [0.5, 0.6) is 0 Å². The molecule has 1 amide bonds. The first-order valence-corrected chi connectivity index (χ1v) is 8.17. The molecule has 4 nitrogen and oxygen atoms in total. The standard InChI is InChI=1S/C20H21N3O/c24-20(12-15-23-14-7-13-21-23)22-19(18-10-5-2-6-11-18)16-17-8-3-1-4-9-17/h1-11,13-14,19H,12,15-16H2,(H,22,24). The molecular weight excluding hydrogens is 298 g/mol. The van der Waals surface area contributed by atoms with Crippen LogP contribution in [0, 0.1) is 0 Å². The van der Waals surface area contributed by atoms with Crippen molar-refractivity contribution in [2.75, 3.05) is 0 Å². The van der Waals surface area contributed by atoms with Crippen molar-refractivity contribution < 1.29 is 4.79 Å². The minimum atomic E-state index is -0.0290. The fraction of sp³-hybridized carbons (Fsp3) is 0.200. The molecule has 4 heteroatoms. The summed E-state index contributed by atoms with van der Waals surface area (Å²) in [5, 5.41) is 7.29. The molecule has 24 heavy (non-hydrogen) atoms. The van der Waals surface area contributed by atoms with E-state index in [0.29, 0.717) is 13.0 Å². The number of nitrogens with zero attached hydrogens (tertiary/aromatic N) is 2. The van der Waals surface area contributed by atoms with E-state index in [1.165, 1.54) is 5.56 Å². The zero-order chi connectivity index (χ0) is 16.6. The Hall–Kier alpha value is -2.88. The van der Waals surface area contributed by atoms with E-state index in [1.807, 2.05) is 48.7 Å². The molecule has 0 fully saturated rings. The molecular formula is C20H21N3O. The fourth-order valence-corrected chi connectivity index (χ4v) is 2.70. The summed E-state index contributed by atoms with van der Waals surface area (Å²) in [5.41, 5.74) is 2.33. The van der Waals surface area contributed by atoms with Crippen LogP contribution in [0.15, 0.2) is 79.1 Å². The van der Waals surface area contributed by atoms with Crippen molar-refractivity contribution in [1.82, 2.24) is 15.1 Å². The summed E-state index contributed by atoms with van der Waals surface area (Å²) in [4.78, 5) is 12.4. The molecule has 0 saturated heterocycles. The van der Waals surface area contributed by atoms with Crippen LogP contribution in [0.2, 0.25) is 0 Å². The van der Waals surface area contributed by atoms with Gasteiger partial charge in [-0.3, -0.25) is 9.48 Å². The predicted molar refractivity (Wildman–Crippen MR) is 94.3 cm³/mol. The van der Waals surface area contributed by atoms with E-state index >= 15 is 0 Å². The third-order valence-electron chi connectivity index (χ3n) is 3.95. The lowest BCUT2D eigenvalue weighted by atomic mass is 9.98. The third kappa shape index (κ3) is 4.56. The number of aryl methyl sites for hydroxylation is 1. The number of carbonyl (C=O) groups excluding carboxylic acids is 1. The van der Waals surface area contributed by atoms with Gasteiger partial charge >= 0.3 is 0 Å². The molecule has 0 aliphatic heterocycles. The van der Waals surface area contributed by atoms with Gasteiger partial charge in [-0.05, 0) is 23.6 Å². The molecule has 3 aromatic rings. The molecule has 0 aliphatic carbocycles. The van der Waals surface area contributed by atoms with Gasteiger partial charge in [0, 0.05) is 25.4 Å². The maximum Gasteiger partial charge on any atom is 0.222 e. The Kier molecular flexibility index (Phi) is 5.40. The Bertz CT molecular complexity index is 739. The van der Waals surface area contributed by atoms with Crippen molar-refractivity contribution >= 4 is 5.91 Å². The van der Waals surface area contributed by atoms with E-state index < -0.39 is 0 Å². The lowest BCUT2D eigenvalue weighted by Gasteiger charge is -2.19.